The Labute approximate surface area is 97.9 Å². The van der Waals surface area contributed by atoms with Crippen LogP contribution in [0.25, 0.3) is 0 Å². The van der Waals surface area contributed by atoms with Gasteiger partial charge in [0.1, 0.15) is 5.75 Å². The summed E-state index contributed by atoms with van der Waals surface area (Å²) in [6, 6.07) is 9.30. The van der Waals surface area contributed by atoms with Crippen molar-refractivity contribution in [3.05, 3.63) is 30.3 Å². The molecule has 0 heterocycles. The minimum absolute atomic E-state index is 0.0757. The Morgan fingerprint density at radius 2 is 2.07 bits per heavy atom. The van der Waals surface area contributed by atoms with Crippen molar-refractivity contribution in [3.8, 4) is 5.75 Å². The number of benzene rings is 1. The van der Waals surface area contributed by atoms with Gasteiger partial charge in [0.05, 0.1) is 0 Å². The molecule has 1 aromatic rings. The number of nitrogens with one attached hydrogen (secondary N) is 1. The van der Waals surface area contributed by atoms with E-state index >= 15 is 0 Å². The SMILES string of the molecule is O=C(COc1ccccc1)NCCCBr. The molecular weight excluding hydrogens is 258 g/mol. The number of ether oxygens (including phenoxy) is 1. The average Bonchev–Trinajstić information content (AvgIpc) is 2.28. The second-order valence-electron chi connectivity index (χ2n) is 2.99. The number of hydrogen-bond donors (Lipinski definition) is 1. The molecule has 0 saturated heterocycles. The van der Waals surface area contributed by atoms with E-state index < -0.39 is 0 Å². The molecule has 82 valence electrons. The third-order valence-corrected chi connectivity index (χ3v) is 2.31. The van der Waals surface area contributed by atoms with E-state index in [1.165, 1.54) is 0 Å². The molecule has 0 fully saturated rings. The second-order valence-corrected chi connectivity index (χ2v) is 3.79. The highest BCUT2D eigenvalue weighted by Gasteiger charge is 2.00. The van der Waals surface area contributed by atoms with Crippen LogP contribution in [0.5, 0.6) is 5.75 Å². The second kappa shape index (κ2) is 7.29. The van der Waals surface area contributed by atoms with Crippen LogP contribution in [0.15, 0.2) is 30.3 Å². The summed E-state index contributed by atoms with van der Waals surface area (Å²) < 4.78 is 5.27. The number of alkyl halides is 1. The van der Waals surface area contributed by atoms with Crippen molar-refractivity contribution in [1.29, 1.82) is 0 Å². The highest BCUT2D eigenvalue weighted by molar-refractivity contribution is 9.09. The average molecular weight is 272 g/mol. The molecule has 1 amide bonds. The first-order valence-corrected chi connectivity index (χ1v) is 5.95. The van der Waals surface area contributed by atoms with E-state index in [2.05, 4.69) is 21.2 Å². The van der Waals surface area contributed by atoms with Gasteiger partial charge in [-0.3, -0.25) is 4.79 Å². The maximum Gasteiger partial charge on any atom is 0.257 e. The van der Waals surface area contributed by atoms with Crippen LogP contribution in [0.4, 0.5) is 0 Å². The molecule has 0 bridgehead atoms. The summed E-state index contributed by atoms with van der Waals surface area (Å²) in [6.07, 6.45) is 0.928. The maximum atomic E-state index is 11.2. The van der Waals surface area contributed by atoms with Crippen molar-refractivity contribution >= 4 is 21.8 Å². The number of hydrogen-bond acceptors (Lipinski definition) is 2. The zero-order chi connectivity index (χ0) is 10.9. The zero-order valence-corrected chi connectivity index (χ0v) is 10.00. The number of amides is 1. The normalized spacial score (nSPS) is 9.67. The molecule has 0 aromatic heterocycles. The van der Waals surface area contributed by atoms with E-state index in [0.717, 1.165) is 11.8 Å². The fourth-order valence-electron chi connectivity index (χ4n) is 1.01. The smallest absolute Gasteiger partial charge is 0.257 e. The molecule has 0 spiro atoms. The van der Waals surface area contributed by atoms with Gasteiger partial charge in [0.25, 0.3) is 5.91 Å². The molecule has 15 heavy (non-hydrogen) atoms. The van der Waals surface area contributed by atoms with E-state index in [9.17, 15) is 4.79 Å². The summed E-state index contributed by atoms with van der Waals surface area (Å²) in [7, 11) is 0. The lowest BCUT2D eigenvalue weighted by Gasteiger charge is -2.06. The Kier molecular flexibility index (Phi) is 5.85. The first kappa shape index (κ1) is 12.0. The third-order valence-electron chi connectivity index (χ3n) is 1.75. The van der Waals surface area contributed by atoms with Gasteiger partial charge in [-0.15, -0.1) is 0 Å². The lowest BCUT2D eigenvalue weighted by atomic mass is 10.3. The van der Waals surface area contributed by atoms with Crippen LogP contribution in [0.3, 0.4) is 0 Å². The predicted molar refractivity (Wildman–Crippen MR) is 63.4 cm³/mol. The van der Waals surface area contributed by atoms with Crippen LogP contribution in [-0.2, 0) is 4.79 Å². The quantitative estimate of drug-likeness (QED) is 0.635. The van der Waals surface area contributed by atoms with Gasteiger partial charge < -0.3 is 10.1 Å². The monoisotopic (exact) mass is 271 g/mol. The van der Waals surface area contributed by atoms with Crippen LogP contribution < -0.4 is 10.1 Å². The topological polar surface area (TPSA) is 38.3 Å². The van der Waals surface area contributed by atoms with E-state index in [0.29, 0.717) is 12.3 Å². The van der Waals surface area contributed by atoms with Crippen molar-refractivity contribution in [2.45, 2.75) is 6.42 Å². The van der Waals surface area contributed by atoms with Gasteiger partial charge in [0.2, 0.25) is 0 Å². The molecule has 3 nitrogen and oxygen atoms in total. The number of para-hydroxylation sites is 1. The Balaban J connectivity index is 2.17. The molecule has 0 aliphatic heterocycles. The largest absolute Gasteiger partial charge is 0.484 e. The molecule has 1 rings (SSSR count). The highest BCUT2D eigenvalue weighted by Crippen LogP contribution is 2.07. The number of halogens is 1. The van der Waals surface area contributed by atoms with Gasteiger partial charge in [-0.05, 0) is 18.6 Å². The summed E-state index contributed by atoms with van der Waals surface area (Å²) in [5.74, 6) is 0.632. The summed E-state index contributed by atoms with van der Waals surface area (Å²) in [4.78, 5) is 11.2. The van der Waals surface area contributed by atoms with Gasteiger partial charge in [-0.25, -0.2) is 0 Å². The number of carbonyl (C=O) groups is 1. The van der Waals surface area contributed by atoms with Gasteiger partial charge in [0, 0.05) is 11.9 Å². The molecule has 0 radical (unpaired) electrons. The fraction of sp³-hybridized carbons (Fsp3) is 0.364. The Hall–Kier alpha value is -1.03. The van der Waals surface area contributed by atoms with E-state index in [-0.39, 0.29) is 12.5 Å². The third kappa shape index (κ3) is 5.42. The van der Waals surface area contributed by atoms with Gasteiger partial charge >= 0.3 is 0 Å². The molecular formula is C11H14BrNO2. The Morgan fingerprint density at radius 3 is 2.73 bits per heavy atom. The summed E-state index contributed by atoms with van der Waals surface area (Å²) >= 11 is 3.29. The van der Waals surface area contributed by atoms with Crippen LogP contribution >= 0.6 is 15.9 Å². The van der Waals surface area contributed by atoms with Crippen LogP contribution in [0, 0.1) is 0 Å². The first-order valence-electron chi connectivity index (χ1n) is 4.83. The molecule has 4 heteroatoms. The Morgan fingerprint density at radius 1 is 1.33 bits per heavy atom. The molecule has 0 aliphatic rings. The van der Waals surface area contributed by atoms with Crippen molar-refractivity contribution in [1.82, 2.24) is 5.32 Å². The van der Waals surface area contributed by atoms with Crippen molar-refractivity contribution in [3.63, 3.8) is 0 Å². The molecule has 1 aromatic carbocycles. The van der Waals surface area contributed by atoms with Gasteiger partial charge in [-0.2, -0.15) is 0 Å². The minimum Gasteiger partial charge on any atom is -0.484 e. The molecule has 0 atom stereocenters. The zero-order valence-electron chi connectivity index (χ0n) is 8.41. The minimum atomic E-state index is -0.0835. The molecule has 0 aliphatic carbocycles. The van der Waals surface area contributed by atoms with Crippen LogP contribution in [0.1, 0.15) is 6.42 Å². The summed E-state index contributed by atoms with van der Waals surface area (Å²) in [5, 5.41) is 3.66. The number of rotatable bonds is 6. The van der Waals surface area contributed by atoms with Crippen LogP contribution in [-0.4, -0.2) is 24.4 Å². The highest BCUT2D eigenvalue weighted by atomic mass is 79.9. The lowest BCUT2D eigenvalue weighted by Crippen LogP contribution is -2.29. The Bertz CT molecular complexity index is 290. The van der Waals surface area contributed by atoms with Crippen LogP contribution in [0.2, 0.25) is 0 Å². The number of carbonyl (C=O) groups excluding carboxylic acids is 1. The molecule has 1 N–H and O–H groups in total. The van der Waals surface area contributed by atoms with E-state index in [1.807, 2.05) is 30.3 Å². The summed E-state index contributed by atoms with van der Waals surface area (Å²) in [6.45, 7) is 0.758. The van der Waals surface area contributed by atoms with Gasteiger partial charge in [0.15, 0.2) is 6.61 Å². The van der Waals surface area contributed by atoms with Crippen molar-refractivity contribution in [2.24, 2.45) is 0 Å². The standard InChI is InChI=1S/C11H14BrNO2/c12-7-4-8-13-11(14)9-15-10-5-2-1-3-6-10/h1-3,5-6H,4,7-9H2,(H,13,14). The fourth-order valence-corrected chi connectivity index (χ4v) is 1.29. The summed E-state index contributed by atoms with van der Waals surface area (Å²) in [5.41, 5.74) is 0. The molecule has 0 saturated carbocycles. The lowest BCUT2D eigenvalue weighted by molar-refractivity contribution is -0.123. The molecule has 0 unspecified atom stereocenters. The van der Waals surface area contributed by atoms with Crippen molar-refractivity contribution in [2.75, 3.05) is 18.5 Å². The van der Waals surface area contributed by atoms with Gasteiger partial charge in [-0.1, -0.05) is 34.1 Å². The van der Waals surface area contributed by atoms with E-state index in [4.69, 9.17) is 4.74 Å². The predicted octanol–water partition coefficient (Wildman–Crippen LogP) is 1.97. The first-order chi connectivity index (χ1) is 7.33. The maximum absolute atomic E-state index is 11.2. The van der Waals surface area contributed by atoms with E-state index in [1.54, 1.807) is 0 Å². The van der Waals surface area contributed by atoms with Crippen molar-refractivity contribution < 1.29 is 9.53 Å².